The predicted octanol–water partition coefficient (Wildman–Crippen LogP) is 2.95. The molecule has 0 N–H and O–H groups in total. The van der Waals surface area contributed by atoms with Crippen molar-refractivity contribution in [2.75, 3.05) is 13.2 Å². The van der Waals surface area contributed by atoms with E-state index in [-0.39, 0.29) is 18.1 Å². The number of amides is 1. The third kappa shape index (κ3) is 3.13. The van der Waals surface area contributed by atoms with Gasteiger partial charge in [-0.3, -0.25) is 9.48 Å². The maximum Gasteiger partial charge on any atom is 0.225 e. The lowest BCUT2D eigenvalue weighted by Gasteiger charge is -2.28. The fraction of sp³-hybridized carbons (Fsp3) is 0.556. The van der Waals surface area contributed by atoms with Crippen molar-refractivity contribution in [3.8, 4) is 0 Å². The van der Waals surface area contributed by atoms with Gasteiger partial charge in [0.25, 0.3) is 0 Å². The Morgan fingerprint density at radius 1 is 1.50 bits per heavy atom. The molecule has 0 unspecified atom stereocenters. The van der Waals surface area contributed by atoms with Gasteiger partial charge in [0.1, 0.15) is 0 Å². The van der Waals surface area contributed by atoms with Gasteiger partial charge in [-0.15, -0.1) is 11.3 Å². The highest BCUT2D eigenvalue weighted by atomic mass is 32.1. The Balaban J connectivity index is 1.42. The first-order chi connectivity index (χ1) is 11.7. The lowest BCUT2D eigenvalue weighted by molar-refractivity contribution is -0.135. The van der Waals surface area contributed by atoms with E-state index in [0.29, 0.717) is 6.42 Å². The maximum atomic E-state index is 12.9. The summed E-state index contributed by atoms with van der Waals surface area (Å²) in [5, 5.41) is 6.47. The molecule has 0 bridgehead atoms. The normalized spacial score (nSPS) is 23.5. The van der Waals surface area contributed by atoms with Crippen LogP contribution in [-0.2, 0) is 22.5 Å². The number of aromatic nitrogens is 2. The summed E-state index contributed by atoms with van der Waals surface area (Å²) in [7, 11) is 0. The number of carbonyl (C=O) groups is 1. The molecule has 24 heavy (non-hydrogen) atoms. The highest BCUT2D eigenvalue weighted by Gasteiger charge is 2.32. The van der Waals surface area contributed by atoms with Crippen LogP contribution >= 0.6 is 11.3 Å². The van der Waals surface area contributed by atoms with Gasteiger partial charge in [-0.05, 0) is 42.3 Å². The van der Waals surface area contributed by atoms with Gasteiger partial charge in [-0.1, -0.05) is 0 Å². The first-order valence-corrected chi connectivity index (χ1v) is 9.55. The number of likely N-dealkylation sites (tertiary alicyclic amines) is 1. The second-order valence-corrected chi connectivity index (χ2v) is 7.74. The Morgan fingerprint density at radius 3 is 3.25 bits per heavy atom. The molecule has 2 aliphatic heterocycles. The molecule has 0 radical (unpaired) electrons. The number of rotatable bonds is 4. The summed E-state index contributed by atoms with van der Waals surface area (Å²) in [5.41, 5.74) is 2.38. The largest absolute Gasteiger partial charge is 0.373 e. The molecule has 4 heterocycles. The van der Waals surface area contributed by atoms with E-state index in [9.17, 15) is 4.79 Å². The van der Waals surface area contributed by atoms with Crippen LogP contribution in [-0.4, -0.2) is 39.8 Å². The fourth-order valence-electron chi connectivity index (χ4n) is 3.81. The topological polar surface area (TPSA) is 47.4 Å². The van der Waals surface area contributed by atoms with E-state index >= 15 is 0 Å². The summed E-state index contributed by atoms with van der Waals surface area (Å²) >= 11 is 1.78. The van der Waals surface area contributed by atoms with Gasteiger partial charge in [-0.2, -0.15) is 5.10 Å². The molecule has 0 aromatic carbocycles. The van der Waals surface area contributed by atoms with Gasteiger partial charge in [0.05, 0.1) is 37.9 Å². The van der Waals surface area contributed by atoms with Crippen molar-refractivity contribution >= 4 is 17.2 Å². The molecule has 0 saturated carbocycles. The highest BCUT2D eigenvalue weighted by Crippen LogP contribution is 2.34. The minimum Gasteiger partial charge on any atom is -0.373 e. The van der Waals surface area contributed by atoms with E-state index in [0.717, 1.165) is 44.5 Å². The van der Waals surface area contributed by atoms with Crippen LogP contribution in [0.5, 0.6) is 0 Å². The fourth-order valence-corrected chi connectivity index (χ4v) is 4.72. The molecule has 2 aromatic rings. The number of thiophene rings is 1. The van der Waals surface area contributed by atoms with Crippen LogP contribution in [0, 0.1) is 6.92 Å². The minimum atomic E-state index is -0.0688. The number of hydrogen-bond acceptors (Lipinski definition) is 4. The van der Waals surface area contributed by atoms with Crippen LogP contribution in [0.1, 0.15) is 41.4 Å². The van der Waals surface area contributed by atoms with Crippen molar-refractivity contribution in [2.45, 2.75) is 51.3 Å². The van der Waals surface area contributed by atoms with Gasteiger partial charge in [0.2, 0.25) is 5.91 Å². The summed E-state index contributed by atoms with van der Waals surface area (Å²) in [5.74, 6) is 0.213. The molecule has 2 atom stereocenters. The number of hydrogen-bond donors (Lipinski definition) is 0. The van der Waals surface area contributed by atoms with Crippen LogP contribution < -0.4 is 0 Å². The van der Waals surface area contributed by atoms with Gasteiger partial charge in [0.15, 0.2) is 0 Å². The number of nitrogens with zero attached hydrogens (tertiary/aromatic N) is 3. The van der Waals surface area contributed by atoms with E-state index in [2.05, 4.69) is 16.5 Å². The molecular weight excluding hydrogens is 322 g/mol. The molecule has 5 nitrogen and oxygen atoms in total. The van der Waals surface area contributed by atoms with Crippen molar-refractivity contribution in [3.05, 3.63) is 39.8 Å². The van der Waals surface area contributed by atoms with E-state index in [4.69, 9.17) is 4.74 Å². The molecule has 2 aliphatic rings. The van der Waals surface area contributed by atoms with E-state index in [1.165, 1.54) is 10.4 Å². The van der Waals surface area contributed by atoms with Gasteiger partial charge < -0.3 is 9.64 Å². The Bertz CT molecular complexity index is 723. The minimum absolute atomic E-state index is 0.0688. The zero-order chi connectivity index (χ0) is 16.5. The molecule has 128 valence electrons. The van der Waals surface area contributed by atoms with Crippen LogP contribution in [0.3, 0.4) is 0 Å². The first kappa shape index (κ1) is 15.8. The van der Waals surface area contributed by atoms with E-state index in [1.807, 2.05) is 28.9 Å². The quantitative estimate of drug-likeness (QED) is 0.856. The van der Waals surface area contributed by atoms with Crippen molar-refractivity contribution in [3.63, 3.8) is 0 Å². The SMILES string of the molecule is Cc1cnn(C[C@H]2CCCN2C(=O)C[C@@H]2OCCc3sccc32)c1. The molecule has 1 amide bonds. The van der Waals surface area contributed by atoms with Crippen molar-refractivity contribution < 1.29 is 9.53 Å². The second-order valence-electron chi connectivity index (χ2n) is 6.74. The average molecular weight is 345 g/mol. The highest BCUT2D eigenvalue weighted by molar-refractivity contribution is 7.10. The molecular formula is C18H23N3O2S. The summed E-state index contributed by atoms with van der Waals surface area (Å²) in [6.45, 7) is 4.41. The van der Waals surface area contributed by atoms with Crippen LogP contribution in [0.2, 0.25) is 0 Å². The standard InChI is InChI=1S/C18H23N3O2S/c1-13-10-19-20(11-13)12-14-3-2-6-21(14)18(22)9-16-15-5-8-24-17(15)4-7-23-16/h5,8,10-11,14,16H,2-4,6-7,9,12H2,1H3/t14-,16+/m1/s1. The zero-order valence-electron chi connectivity index (χ0n) is 14.0. The summed E-state index contributed by atoms with van der Waals surface area (Å²) in [6, 6.07) is 2.37. The van der Waals surface area contributed by atoms with Crippen molar-refractivity contribution in [1.82, 2.24) is 14.7 Å². The Hall–Kier alpha value is -1.66. The van der Waals surface area contributed by atoms with Gasteiger partial charge in [-0.25, -0.2) is 0 Å². The Kier molecular flexibility index (Phi) is 4.41. The van der Waals surface area contributed by atoms with E-state index in [1.54, 1.807) is 11.3 Å². The molecule has 6 heteroatoms. The Labute approximate surface area is 146 Å². The van der Waals surface area contributed by atoms with Gasteiger partial charge >= 0.3 is 0 Å². The van der Waals surface area contributed by atoms with Crippen molar-refractivity contribution in [2.24, 2.45) is 0 Å². The van der Waals surface area contributed by atoms with Gasteiger partial charge in [0, 0.05) is 24.0 Å². The summed E-state index contributed by atoms with van der Waals surface area (Å²) in [4.78, 5) is 16.3. The molecule has 1 saturated heterocycles. The van der Waals surface area contributed by atoms with Crippen LogP contribution in [0.15, 0.2) is 23.8 Å². The molecule has 0 aliphatic carbocycles. The second kappa shape index (κ2) is 6.69. The Morgan fingerprint density at radius 2 is 2.42 bits per heavy atom. The lowest BCUT2D eigenvalue weighted by atomic mass is 10.0. The number of fused-ring (bicyclic) bond motifs is 1. The summed E-state index contributed by atoms with van der Waals surface area (Å²) < 4.78 is 7.85. The first-order valence-electron chi connectivity index (χ1n) is 8.67. The molecule has 0 spiro atoms. The monoisotopic (exact) mass is 345 g/mol. The number of ether oxygens (including phenoxy) is 1. The average Bonchev–Trinajstić information content (AvgIpc) is 3.29. The zero-order valence-corrected chi connectivity index (χ0v) is 14.8. The van der Waals surface area contributed by atoms with Crippen LogP contribution in [0.25, 0.3) is 0 Å². The molecule has 4 rings (SSSR count). The van der Waals surface area contributed by atoms with E-state index < -0.39 is 0 Å². The third-order valence-corrected chi connectivity index (χ3v) is 5.99. The predicted molar refractivity (Wildman–Crippen MR) is 93.0 cm³/mol. The molecule has 2 aromatic heterocycles. The molecule has 1 fully saturated rings. The maximum absolute atomic E-state index is 12.9. The number of aryl methyl sites for hydroxylation is 1. The van der Waals surface area contributed by atoms with Crippen molar-refractivity contribution in [1.29, 1.82) is 0 Å². The smallest absolute Gasteiger partial charge is 0.225 e. The number of carbonyl (C=O) groups excluding carboxylic acids is 1. The summed E-state index contributed by atoms with van der Waals surface area (Å²) in [6.07, 6.45) is 7.41. The third-order valence-electron chi connectivity index (χ3n) is 4.99. The van der Waals surface area contributed by atoms with Crippen LogP contribution in [0.4, 0.5) is 0 Å². The lowest BCUT2D eigenvalue weighted by Crippen LogP contribution is -2.39.